The Bertz CT molecular complexity index is 407. The molecule has 0 aromatic heterocycles. The quantitative estimate of drug-likeness (QED) is 0.661. The number of methoxy groups -OCH3 is 1. The van der Waals surface area contributed by atoms with E-state index >= 15 is 0 Å². The predicted molar refractivity (Wildman–Crippen MR) is 68.4 cm³/mol. The van der Waals surface area contributed by atoms with Crippen LogP contribution < -0.4 is 11.1 Å². The van der Waals surface area contributed by atoms with E-state index in [1.165, 1.54) is 7.11 Å². The Kier molecular flexibility index (Phi) is 4.18. The summed E-state index contributed by atoms with van der Waals surface area (Å²) >= 11 is 3.39. The third kappa shape index (κ3) is 2.88. The molecule has 1 unspecified atom stereocenters. The first kappa shape index (κ1) is 12.8. The second kappa shape index (κ2) is 5.21. The first-order chi connectivity index (χ1) is 7.45. The zero-order valence-electron chi connectivity index (χ0n) is 9.50. The summed E-state index contributed by atoms with van der Waals surface area (Å²) in [5.74, 6) is -0.304. The maximum atomic E-state index is 11.3. The Morgan fingerprint density at radius 1 is 1.56 bits per heavy atom. The topological polar surface area (TPSA) is 64.3 Å². The summed E-state index contributed by atoms with van der Waals surface area (Å²) < 4.78 is 5.46. The molecule has 0 heterocycles. The normalized spacial score (nSPS) is 12.0. The molecule has 5 heteroatoms. The van der Waals surface area contributed by atoms with Gasteiger partial charge in [0.05, 0.1) is 7.11 Å². The molecule has 0 fully saturated rings. The van der Waals surface area contributed by atoms with Gasteiger partial charge in [-0.1, -0.05) is 0 Å². The van der Waals surface area contributed by atoms with Gasteiger partial charge in [0.25, 0.3) is 0 Å². The van der Waals surface area contributed by atoms with Crippen LogP contribution in [0.3, 0.4) is 0 Å². The first-order valence-corrected chi connectivity index (χ1v) is 5.65. The molecule has 88 valence electrons. The fraction of sp³-hybridized carbons (Fsp3) is 0.364. The van der Waals surface area contributed by atoms with E-state index in [9.17, 15) is 4.79 Å². The van der Waals surface area contributed by atoms with Crippen molar-refractivity contribution < 1.29 is 9.53 Å². The molecule has 1 aromatic carbocycles. The van der Waals surface area contributed by atoms with Crippen LogP contribution in [-0.4, -0.2) is 19.1 Å². The minimum atomic E-state index is -0.399. The summed E-state index contributed by atoms with van der Waals surface area (Å²) in [7, 11) is 1.36. The zero-order chi connectivity index (χ0) is 12.3. The van der Waals surface area contributed by atoms with E-state index in [1.54, 1.807) is 6.92 Å². The number of nitrogens with one attached hydrogen (secondary N) is 1. The summed E-state index contributed by atoms with van der Waals surface area (Å²) in [5, 5.41) is 3.05. The van der Waals surface area contributed by atoms with E-state index < -0.39 is 6.04 Å². The first-order valence-electron chi connectivity index (χ1n) is 4.85. The van der Waals surface area contributed by atoms with Crippen molar-refractivity contribution in [1.82, 2.24) is 0 Å². The number of aryl methyl sites for hydroxylation is 1. The second-order valence-electron chi connectivity index (χ2n) is 3.58. The van der Waals surface area contributed by atoms with Crippen LogP contribution >= 0.6 is 15.9 Å². The third-order valence-corrected chi connectivity index (χ3v) is 2.94. The highest BCUT2D eigenvalue weighted by atomic mass is 79.9. The van der Waals surface area contributed by atoms with Crippen LogP contribution in [0, 0.1) is 6.92 Å². The van der Waals surface area contributed by atoms with Gasteiger partial charge in [-0.3, -0.25) is 0 Å². The van der Waals surface area contributed by atoms with E-state index in [0.717, 1.165) is 15.7 Å². The molecule has 1 rings (SSSR count). The summed E-state index contributed by atoms with van der Waals surface area (Å²) in [4.78, 5) is 11.3. The van der Waals surface area contributed by atoms with Crippen molar-refractivity contribution in [1.29, 1.82) is 0 Å². The molecule has 16 heavy (non-hydrogen) atoms. The van der Waals surface area contributed by atoms with Crippen molar-refractivity contribution >= 4 is 33.3 Å². The zero-order valence-corrected chi connectivity index (χ0v) is 11.1. The Hall–Kier alpha value is -1.23. The highest BCUT2D eigenvalue weighted by molar-refractivity contribution is 9.10. The number of hydrogen-bond acceptors (Lipinski definition) is 4. The van der Waals surface area contributed by atoms with Gasteiger partial charge in [0, 0.05) is 15.8 Å². The molecule has 0 aliphatic rings. The van der Waals surface area contributed by atoms with Gasteiger partial charge in [-0.25, -0.2) is 4.79 Å². The summed E-state index contributed by atoms with van der Waals surface area (Å²) in [6, 6.07) is 3.30. The maximum absolute atomic E-state index is 11.3. The Balaban J connectivity index is 2.89. The molecule has 1 atom stereocenters. The van der Waals surface area contributed by atoms with E-state index in [2.05, 4.69) is 26.0 Å². The molecule has 0 radical (unpaired) electrons. The lowest BCUT2D eigenvalue weighted by Gasteiger charge is -2.15. The van der Waals surface area contributed by atoms with Crippen molar-refractivity contribution in [2.75, 3.05) is 18.2 Å². The second-order valence-corrected chi connectivity index (χ2v) is 4.43. The van der Waals surface area contributed by atoms with Crippen LogP contribution in [0.15, 0.2) is 16.6 Å². The molecule has 0 spiro atoms. The largest absolute Gasteiger partial charge is 0.467 e. The Labute approximate surface area is 103 Å². The standard InChI is InChI=1S/C11H15BrN2O2/c1-6-4-10(8(12)5-9(6)13)14-7(2)11(15)16-3/h4-5,7,14H,13H2,1-3H3. The van der Waals surface area contributed by atoms with Gasteiger partial charge >= 0.3 is 5.97 Å². The molecule has 1 aromatic rings. The molecular weight excluding hydrogens is 272 g/mol. The number of anilines is 2. The van der Waals surface area contributed by atoms with E-state index in [1.807, 2.05) is 19.1 Å². The van der Waals surface area contributed by atoms with Crippen molar-refractivity contribution in [3.63, 3.8) is 0 Å². The number of carbonyl (C=O) groups excluding carboxylic acids is 1. The van der Waals surface area contributed by atoms with Crippen molar-refractivity contribution in [3.05, 3.63) is 22.2 Å². The summed E-state index contributed by atoms with van der Waals surface area (Å²) in [6.07, 6.45) is 0. The smallest absolute Gasteiger partial charge is 0.327 e. The number of halogens is 1. The summed E-state index contributed by atoms with van der Waals surface area (Å²) in [6.45, 7) is 3.65. The maximum Gasteiger partial charge on any atom is 0.327 e. The van der Waals surface area contributed by atoms with Crippen LogP contribution in [-0.2, 0) is 9.53 Å². The molecule has 0 amide bonds. The van der Waals surface area contributed by atoms with E-state index in [0.29, 0.717) is 5.69 Å². The SMILES string of the molecule is COC(=O)C(C)Nc1cc(C)c(N)cc1Br. The van der Waals surface area contributed by atoms with Gasteiger partial charge in [0.1, 0.15) is 6.04 Å². The van der Waals surface area contributed by atoms with Crippen LogP contribution in [0.4, 0.5) is 11.4 Å². The fourth-order valence-corrected chi connectivity index (χ4v) is 1.75. The minimum Gasteiger partial charge on any atom is -0.467 e. The number of benzene rings is 1. The van der Waals surface area contributed by atoms with Crippen LogP contribution in [0.25, 0.3) is 0 Å². The van der Waals surface area contributed by atoms with Gasteiger partial charge in [-0.2, -0.15) is 0 Å². The van der Waals surface area contributed by atoms with Gasteiger partial charge in [0.2, 0.25) is 0 Å². The molecular formula is C11H15BrN2O2. The van der Waals surface area contributed by atoms with Crippen LogP contribution in [0.2, 0.25) is 0 Å². The number of rotatable bonds is 3. The van der Waals surface area contributed by atoms with Crippen molar-refractivity contribution in [3.8, 4) is 0 Å². The lowest BCUT2D eigenvalue weighted by molar-refractivity contribution is -0.141. The summed E-state index contributed by atoms with van der Waals surface area (Å²) in [5.41, 5.74) is 8.25. The number of nitrogens with two attached hydrogens (primary N) is 1. The molecule has 3 N–H and O–H groups in total. The average molecular weight is 287 g/mol. The number of hydrogen-bond donors (Lipinski definition) is 2. The number of esters is 1. The van der Waals surface area contributed by atoms with Crippen molar-refractivity contribution in [2.45, 2.75) is 19.9 Å². The average Bonchev–Trinajstić information content (AvgIpc) is 2.24. The van der Waals surface area contributed by atoms with Gasteiger partial charge in [0.15, 0.2) is 0 Å². The molecule has 0 aliphatic carbocycles. The lowest BCUT2D eigenvalue weighted by atomic mass is 10.1. The van der Waals surface area contributed by atoms with Gasteiger partial charge < -0.3 is 15.8 Å². The molecule has 0 bridgehead atoms. The monoisotopic (exact) mass is 286 g/mol. The molecule has 0 saturated carbocycles. The molecule has 0 aliphatic heterocycles. The Morgan fingerprint density at radius 3 is 2.75 bits per heavy atom. The number of nitrogen functional groups attached to an aromatic ring is 1. The van der Waals surface area contributed by atoms with Crippen LogP contribution in [0.1, 0.15) is 12.5 Å². The van der Waals surface area contributed by atoms with E-state index in [-0.39, 0.29) is 5.97 Å². The predicted octanol–water partition coefficient (Wildman–Crippen LogP) is 2.31. The molecule has 0 saturated heterocycles. The third-order valence-electron chi connectivity index (χ3n) is 2.28. The van der Waals surface area contributed by atoms with Gasteiger partial charge in [-0.05, 0) is 47.5 Å². The minimum absolute atomic E-state index is 0.304. The fourth-order valence-electron chi connectivity index (χ4n) is 1.28. The molecule has 4 nitrogen and oxygen atoms in total. The van der Waals surface area contributed by atoms with E-state index in [4.69, 9.17) is 5.73 Å². The highest BCUT2D eigenvalue weighted by Crippen LogP contribution is 2.28. The number of carbonyl (C=O) groups is 1. The van der Waals surface area contributed by atoms with Gasteiger partial charge in [-0.15, -0.1) is 0 Å². The Morgan fingerprint density at radius 2 is 2.19 bits per heavy atom. The van der Waals surface area contributed by atoms with Crippen molar-refractivity contribution in [2.24, 2.45) is 0 Å². The number of ether oxygens (including phenoxy) is 1. The lowest BCUT2D eigenvalue weighted by Crippen LogP contribution is -2.27. The van der Waals surface area contributed by atoms with Crippen LogP contribution in [0.5, 0.6) is 0 Å². The highest BCUT2D eigenvalue weighted by Gasteiger charge is 2.14.